The molecule has 0 saturated heterocycles. The quantitative estimate of drug-likeness (QED) is 0.750. The Morgan fingerprint density at radius 2 is 1.72 bits per heavy atom. The molecule has 1 aromatic carbocycles. The molecule has 0 fully saturated rings. The second kappa shape index (κ2) is 5.66. The van der Waals surface area contributed by atoms with E-state index in [1.807, 2.05) is 11.3 Å². The summed E-state index contributed by atoms with van der Waals surface area (Å²) in [5.74, 6) is 0. The lowest BCUT2D eigenvalue weighted by atomic mass is 9.76. The Morgan fingerprint density at radius 1 is 1.06 bits per heavy atom. The minimum Gasteiger partial charge on any atom is -0.245 e. The van der Waals surface area contributed by atoms with Crippen molar-refractivity contribution in [2.45, 2.75) is 45.4 Å². The minimum absolute atomic E-state index is 0.0966. The fourth-order valence-corrected chi connectivity index (χ4v) is 3.80. The van der Waals surface area contributed by atoms with Crippen LogP contribution in [0.15, 0.2) is 35.7 Å². The van der Waals surface area contributed by atoms with Gasteiger partial charge in [-0.05, 0) is 24.8 Å². The maximum absolute atomic E-state index is 4.84. The van der Waals surface area contributed by atoms with E-state index in [1.54, 1.807) is 0 Å². The molecule has 0 aliphatic rings. The van der Waals surface area contributed by atoms with Gasteiger partial charge in [-0.3, -0.25) is 0 Å². The van der Waals surface area contributed by atoms with Crippen LogP contribution in [0.2, 0.25) is 0 Å². The summed E-state index contributed by atoms with van der Waals surface area (Å²) in [5.41, 5.74) is 2.71. The zero-order valence-electron chi connectivity index (χ0n) is 11.4. The van der Waals surface area contributed by atoms with Gasteiger partial charge in [0, 0.05) is 10.8 Å². The van der Waals surface area contributed by atoms with Gasteiger partial charge in [-0.15, -0.1) is 11.3 Å². The third-order valence-corrected chi connectivity index (χ3v) is 4.95. The first-order valence-corrected chi connectivity index (χ1v) is 7.65. The summed E-state index contributed by atoms with van der Waals surface area (Å²) in [7, 11) is 0. The number of nitrogens with zero attached hydrogens (tertiary/aromatic N) is 1. The predicted octanol–water partition coefficient (Wildman–Crippen LogP) is 4.81. The van der Waals surface area contributed by atoms with Crippen LogP contribution >= 0.6 is 11.3 Å². The van der Waals surface area contributed by atoms with E-state index in [1.165, 1.54) is 16.3 Å². The van der Waals surface area contributed by atoms with Gasteiger partial charge in [-0.2, -0.15) is 0 Å². The van der Waals surface area contributed by atoms with Crippen molar-refractivity contribution < 1.29 is 0 Å². The molecule has 2 aromatic rings. The van der Waals surface area contributed by atoms with Crippen LogP contribution in [0.3, 0.4) is 0 Å². The lowest BCUT2D eigenvalue weighted by molar-refractivity contribution is 0.474. The first-order chi connectivity index (χ1) is 8.76. The lowest BCUT2D eigenvalue weighted by Gasteiger charge is -2.30. The molecule has 1 heterocycles. The second-order valence-corrected chi connectivity index (χ2v) is 5.51. The number of rotatable bonds is 5. The number of thiazole rings is 1. The van der Waals surface area contributed by atoms with Crippen LogP contribution in [-0.2, 0) is 11.8 Å². The summed E-state index contributed by atoms with van der Waals surface area (Å²) < 4.78 is 0. The molecule has 0 saturated carbocycles. The van der Waals surface area contributed by atoms with Crippen molar-refractivity contribution in [3.63, 3.8) is 0 Å². The van der Waals surface area contributed by atoms with Gasteiger partial charge in [0.25, 0.3) is 0 Å². The normalized spacial score (nSPS) is 11.7. The predicted molar refractivity (Wildman–Crippen MR) is 79.3 cm³/mol. The number of aryl methyl sites for hydroxylation is 1. The fourth-order valence-electron chi connectivity index (χ4n) is 2.53. The van der Waals surface area contributed by atoms with E-state index in [0.29, 0.717) is 0 Å². The van der Waals surface area contributed by atoms with Gasteiger partial charge in [-0.25, -0.2) is 4.98 Å². The zero-order chi connectivity index (χ0) is 13.0. The van der Waals surface area contributed by atoms with Crippen molar-refractivity contribution in [2.24, 2.45) is 0 Å². The molecule has 0 spiro atoms. The van der Waals surface area contributed by atoms with Crippen LogP contribution in [0, 0.1) is 0 Å². The molecule has 18 heavy (non-hydrogen) atoms. The highest BCUT2D eigenvalue weighted by molar-refractivity contribution is 7.09. The summed E-state index contributed by atoms with van der Waals surface area (Å²) in [4.78, 5) is 4.84. The van der Waals surface area contributed by atoms with Crippen LogP contribution in [-0.4, -0.2) is 4.98 Å². The Morgan fingerprint density at radius 3 is 2.22 bits per heavy atom. The molecule has 0 aliphatic carbocycles. The van der Waals surface area contributed by atoms with Gasteiger partial charge >= 0.3 is 0 Å². The monoisotopic (exact) mass is 259 g/mol. The molecule has 96 valence electrons. The summed E-state index contributed by atoms with van der Waals surface area (Å²) in [6.07, 6.45) is 3.23. The molecule has 0 amide bonds. The standard InChI is InChI=1S/C16H21NS/c1-4-14-12-18-15(17-14)16(5-2,6-3)13-10-8-7-9-11-13/h7-12H,4-6H2,1-3H3. The Kier molecular flexibility index (Phi) is 4.18. The smallest absolute Gasteiger partial charge is 0.103 e. The van der Waals surface area contributed by atoms with Crippen LogP contribution in [0.25, 0.3) is 0 Å². The average molecular weight is 259 g/mol. The van der Waals surface area contributed by atoms with Gasteiger partial charge in [0.1, 0.15) is 5.01 Å². The van der Waals surface area contributed by atoms with Crippen LogP contribution < -0.4 is 0 Å². The largest absolute Gasteiger partial charge is 0.245 e. The number of hydrogen-bond acceptors (Lipinski definition) is 2. The van der Waals surface area contributed by atoms with Crippen LogP contribution in [0.1, 0.15) is 49.9 Å². The summed E-state index contributed by atoms with van der Waals surface area (Å²) >= 11 is 1.81. The molecule has 0 N–H and O–H groups in total. The molecular formula is C16H21NS. The molecule has 0 radical (unpaired) electrons. The lowest BCUT2D eigenvalue weighted by Crippen LogP contribution is -2.25. The minimum atomic E-state index is 0.0966. The van der Waals surface area contributed by atoms with Gasteiger partial charge in [-0.1, -0.05) is 51.1 Å². The third kappa shape index (κ3) is 2.22. The Bertz CT molecular complexity index is 483. The van der Waals surface area contributed by atoms with E-state index < -0.39 is 0 Å². The molecule has 1 aromatic heterocycles. The SMILES string of the molecule is CCc1csc(C(CC)(CC)c2ccccc2)n1. The van der Waals surface area contributed by atoms with Crippen molar-refractivity contribution >= 4 is 11.3 Å². The molecule has 0 atom stereocenters. The summed E-state index contributed by atoms with van der Waals surface area (Å²) in [6.45, 7) is 6.70. The van der Waals surface area contributed by atoms with Crippen molar-refractivity contribution in [1.29, 1.82) is 0 Å². The van der Waals surface area contributed by atoms with Crippen molar-refractivity contribution in [2.75, 3.05) is 0 Å². The summed E-state index contributed by atoms with van der Waals surface area (Å²) in [6, 6.07) is 10.8. The average Bonchev–Trinajstić information content (AvgIpc) is 2.91. The van der Waals surface area contributed by atoms with E-state index in [9.17, 15) is 0 Å². The summed E-state index contributed by atoms with van der Waals surface area (Å²) in [5, 5.41) is 3.48. The molecule has 2 heteroatoms. The number of hydrogen-bond donors (Lipinski definition) is 0. The highest BCUT2D eigenvalue weighted by Gasteiger charge is 2.33. The molecule has 0 bridgehead atoms. The van der Waals surface area contributed by atoms with Crippen molar-refractivity contribution in [3.05, 3.63) is 52.0 Å². The fraction of sp³-hybridized carbons (Fsp3) is 0.438. The number of aromatic nitrogens is 1. The van der Waals surface area contributed by atoms with E-state index >= 15 is 0 Å². The van der Waals surface area contributed by atoms with Gasteiger partial charge < -0.3 is 0 Å². The number of benzene rings is 1. The Labute approximate surface area is 114 Å². The maximum Gasteiger partial charge on any atom is 0.103 e. The van der Waals surface area contributed by atoms with Gasteiger partial charge in [0.15, 0.2) is 0 Å². The van der Waals surface area contributed by atoms with E-state index in [0.717, 1.165) is 19.3 Å². The van der Waals surface area contributed by atoms with Crippen LogP contribution in [0.5, 0.6) is 0 Å². The molecule has 0 aliphatic heterocycles. The topological polar surface area (TPSA) is 12.9 Å². The van der Waals surface area contributed by atoms with Gasteiger partial charge in [0.05, 0.1) is 5.69 Å². The van der Waals surface area contributed by atoms with E-state index in [-0.39, 0.29) is 5.41 Å². The van der Waals surface area contributed by atoms with Crippen molar-refractivity contribution in [1.82, 2.24) is 4.98 Å². The first kappa shape index (κ1) is 13.3. The molecule has 1 nitrogen and oxygen atoms in total. The molecular weight excluding hydrogens is 238 g/mol. The van der Waals surface area contributed by atoms with Gasteiger partial charge in [0.2, 0.25) is 0 Å². The molecule has 2 rings (SSSR count). The Hall–Kier alpha value is -1.15. The zero-order valence-corrected chi connectivity index (χ0v) is 12.3. The highest BCUT2D eigenvalue weighted by atomic mass is 32.1. The molecule has 0 unspecified atom stereocenters. The third-order valence-electron chi connectivity index (χ3n) is 3.86. The van der Waals surface area contributed by atoms with E-state index in [2.05, 4.69) is 56.5 Å². The van der Waals surface area contributed by atoms with E-state index in [4.69, 9.17) is 4.98 Å². The first-order valence-electron chi connectivity index (χ1n) is 6.77. The maximum atomic E-state index is 4.84. The van der Waals surface area contributed by atoms with Crippen molar-refractivity contribution in [3.8, 4) is 0 Å². The highest BCUT2D eigenvalue weighted by Crippen LogP contribution is 2.40. The van der Waals surface area contributed by atoms with Crippen LogP contribution in [0.4, 0.5) is 0 Å². The Balaban J connectivity index is 2.50. The second-order valence-electron chi connectivity index (χ2n) is 4.65.